The van der Waals surface area contributed by atoms with E-state index in [-0.39, 0.29) is 5.91 Å². The normalized spacial score (nSPS) is 10.6. The van der Waals surface area contributed by atoms with E-state index < -0.39 is 0 Å². The van der Waals surface area contributed by atoms with Crippen LogP contribution in [0.5, 0.6) is 17.2 Å². The van der Waals surface area contributed by atoms with Gasteiger partial charge in [-0.3, -0.25) is 4.79 Å². The van der Waals surface area contributed by atoms with Crippen LogP contribution in [0, 0.1) is 5.92 Å². The molecule has 0 saturated heterocycles. The minimum Gasteiger partial charge on any atom is -0.492 e. The summed E-state index contributed by atoms with van der Waals surface area (Å²) in [5, 5.41) is 2.91. The predicted octanol–water partition coefficient (Wildman–Crippen LogP) is 6.53. The summed E-state index contributed by atoms with van der Waals surface area (Å²) in [4.78, 5) is 12.8. The molecular weight excluding hydrogens is 418 g/mol. The lowest BCUT2D eigenvalue weighted by atomic mass is 10.1. The summed E-state index contributed by atoms with van der Waals surface area (Å²) < 4.78 is 12.4. The minimum atomic E-state index is -0.225. The molecule has 28 heavy (non-hydrogen) atoms. The minimum absolute atomic E-state index is 0.225. The van der Waals surface area contributed by atoms with Gasteiger partial charge in [-0.05, 0) is 60.5 Å². The maximum absolute atomic E-state index is 12.8. The van der Waals surface area contributed by atoms with E-state index in [1.165, 1.54) is 0 Å². The lowest BCUT2D eigenvalue weighted by Crippen LogP contribution is -2.15. The number of anilines is 1. The SMILES string of the molecule is CC(C)COc1ccc(Br)cc1C(=O)Nc1ccc(Oc2ccccc2)cc1. The molecule has 4 nitrogen and oxygen atoms in total. The molecule has 0 atom stereocenters. The second kappa shape index (κ2) is 9.42. The van der Waals surface area contributed by atoms with Crippen LogP contribution in [0.1, 0.15) is 24.2 Å². The third-order valence-corrected chi connectivity index (χ3v) is 4.34. The number of hydrogen-bond donors (Lipinski definition) is 1. The van der Waals surface area contributed by atoms with Gasteiger partial charge in [0.2, 0.25) is 0 Å². The molecule has 144 valence electrons. The molecule has 1 amide bonds. The van der Waals surface area contributed by atoms with Crippen LogP contribution in [0.15, 0.2) is 77.3 Å². The Labute approximate surface area is 173 Å². The van der Waals surface area contributed by atoms with Crippen molar-refractivity contribution in [1.29, 1.82) is 0 Å². The van der Waals surface area contributed by atoms with Crippen LogP contribution in [0.2, 0.25) is 0 Å². The Morgan fingerprint density at radius 3 is 2.32 bits per heavy atom. The van der Waals surface area contributed by atoms with Gasteiger partial charge < -0.3 is 14.8 Å². The number of rotatable bonds is 7. The number of carbonyl (C=O) groups is 1. The first-order valence-electron chi connectivity index (χ1n) is 9.08. The number of carbonyl (C=O) groups excluding carboxylic acids is 1. The Morgan fingerprint density at radius 2 is 1.64 bits per heavy atom. The molecule has 3 rings (SSSR count). The molecule has 0 bridgehead atoms. The zero-order valence-corrected chi connectivity index (χ0v) is 17.4. The van der Waals surface area contributed by atoms with Gasteiger partial charge in [-0.15, -0.1) is 0 Å². The van der Waals surface area contributed by atoms with Gasteiger partial charge >= 0.3 is 0 Å². The van der Waals surface area contributed by atoms with Crippen molar-refractivity contribution in [2.75, 3.05) is 11.9 Å². The van der Waals surface area contributed by atoms with Crippen molar-refractivity contribution in [1.82, 2.24) is 0 Å². The number of halogens is 1. The Bertz CT molecular complexity index is 924. The van der Waals surface area contributed by atoms with Crippen molar-refractivity contribution in [3.63, 3.8) is 0 Å². The summed E-state index contributed by atoms with van der Waals surface area (Å²) in [7, 11) is 0. The largest absolute Gasteiger partial charge is 0.492 e. The molecule has 0 spiro atoms. The number of para-hydroxylation sites is 1. The summed E-state index contributed by atoms with van der Waals surface area (Å²) >= 11 is 3.42. The van der Waals surface area contributed by atoms with Gasteiger partial charge in [-0.25, -0.2) is 0 Å². The molecule has 0 radical (unpaired) electrons. The highest BCUT2D eigenvalue weighted by Crippen LogP contribution is 2.26. The molecule has 0 aromatic heterocycles. The summed E-state index contributed by atoms with van der Waals surface area (Å²) in [6.45, 7) is 4.68. The van der Waals surface area contributed by atoms with Gasteiger partial charge in [0.05, 0.1) is 12.2 Å². The molecule has 3 aromatic carbocycles. The predicted molar refractivity (Wildman–Crippen MR) is 115 cm³/mol. The molecule has 1 N–H and O–H groups in total. The summed E-state index contributed by atoms with van der Waals surface area (Å²) in [5.74, 6) is 2.18. The molecule has 0 unspecified atom stereocenters. The third-order valence-electron chi connectivity index (χ3n) is 3.85. The number of hydrogen-bond acceptors (Lipinski definition) is 3. The average Bonchev–Trinajstić information content (AvgIpc) is 2.69. The summed E-state index contributed by atoms with van der Waals surface area (Å²) in [6, 6.07) is 22.2. The van der Waals surface area contributed by atoms with Crippen LogP contribution in [-0.4, -0.2) is 12.5 Å². The summed E-state index contributed by atoms with van der Waals surface area (Å²) in [6.07, 6.45) is 0. The topological polar surface area (TPSA) is 47.6 Å². The van der Waals surface area contributed by atoms with E-state index in [4.69, 9.17) is 9.47 Å². The molecule has 5 heteroatoms. The van der Waals surface area contributed by atoms with Crippen molar-refractivity contribution in [2.24, 2.45) is 5.92 Å². The first-order valence-corrected chi connectivity index (χ1v) is 9.87. The standard InChI is InChI=1S/C23H22BrNO3/c1-16(2)15-27-22-13-8-17(24)14-21(22)23(26)25-18-9-11-20(12-10-18)28-19-6-4-3-5-7-19/h3-14,16H,15H2,1-2H3,(H,25,26). The highest BCUT2D eigenvalue weighted by atomic mass is 79.9. The van der Waals surface area contributed by atoms with E-state index in [2.05, 4.69) is 35.1 Å². The van der Waals surface area contributed by atoms with Gasteiger partial charge in [-0.2, -0.15) is 0 Å². The molecule has 0 aliphatic rings. The summed E-state index contributed by atoms with van der Waals surface area (Å²) in [5.41, 5.74) is 1.17. The maximum Gasteiger partial charge on any atom is 0.259 e. The van der Waals surface area contributed by atoms with Crippen LogP contribution in [0.4, 0.5) is 5.69 Å². The van der Waals surface area contributed by atoms with E-state index in [0.717, 1.165) is 10.2 Å². The third kappa shape index (κ3) is 5.60. The van der Waals surface area contributed by atoms with Crippen LogP contribution in [0.3, 0.4) is 0 Å². The fourth-order valence-electron chi connectivity index (χ4n) is 2.49. The molecule has 0 saturated carbocycles. The number of amides is 1. The molecule has 0 aliphatic carbocycles. The second-order valence-corrected chi connectivity index (χ2v) is 7.65. The zero-order chi connectivity index (χ0) is 19.9. The fourth-order valence-corrected chi connectivity index (χ4v) is 2.85. The fraction of sp³-hybridized carbons (Fsp3) is 0.174. The van der Waals surface area contributed by atoms with E-state index in [1.54, 1.807) is 12.1 Å². The van der Waals surface area contributed by atoms with Gasteiger partial charge in [0.1, 0.15) is 17.2 Å². The molecule has 0 heterocycles. The number of benzene rings is 3. The monoisotopic (exact) mass is 439 g/mol. The van der Waals surface area contributed by atoms with Crippen LogP contribution < -0.4 is 14.8 Å². The maximum atomic E-state index is 12.8. The van der Waals surface area contributed by atoms with E-state index >= 15 is 0 Å². The first-order chi connectivity index (χ1) is 13.5. The van der Waals surface area contributed by atoms with Gasteiger partial charge in [0.15, 0.2) is 0 Å². The second-order valence-electron chi connectivity index (χ2n) is 6.74. The molecule has 0 fully saturated rings. The number of nitrogens with one attached hydrogen (secondary N) is 1. The van der Waals surface area contributed by atoms with Crippen molar-refractivity contribution in [2.45, 2.75) is 13.8 Å². The van der Waals surface area contributed by atoms with Crippen LogP contribution >= 0.6 is 15.9 Å². The Morgan fingerprint density at radius 1 is 0.964 bits per heavy atom. The zero-order valence-electron chi connectivity index (χ0n) is 15.8. The van der Waals surface area contributed by atoms with E-state index in [9.17, 15) is 4.79 Å². The first kappa shape index (κ1) is 20.0. The smallest absolute Gasteiger partial charge is 0.259 e. The van der Waals surface area contributed by atoms with Crippen molar-refractivity contribution >= 4 is 27.5 Å². The molecular formula is C23H22BrNO3. The highest BCUT2D eigenvalue weighted by Gasteiger charge is 2.14. The quantitative estimate of drug-likeness (QED) is 0.455. The van der Waals surface area contributed by atoms with Gasteiger partial charge in [0, 0.05) is 10.2 Å². The van der Waals surface area contributed by atoms with Gasteiger partial charge in [0.25, 0.3) is 5.91 Å². The van der Waals surface area contributed by atoms with E-state index in [1.807, 2.05) is 60.7 Å². The van der Waals surface area contributed by atoms with Gasteiger partial charge in [-0.1, -0.05) is 48.0 Å². The Kier molecular flexibility index (Phi) is 6.71. The Balaban J connectivity index is 1.70. The average molecular weight is 440 g/mol. The molecule has 3 aromatic rings. The molecule has 0 aliphatic heterocycles. The van der Waals surface area contributed by atoms with Crippen molar-refractivity contribution in [3.05, 3.63) is 82.8 Å². The van der Waals surface area contributed by atoms with E-state index in [0.29, 0.717) is 35.3 Å². The van der Waals surface area contributed by atoms with Crippen molar-refractivity contribution < 1.29 is 14.3 Å². The lowest BCUT2D eigenvalue weighted by molar-refractivity contribution is 0.102. The number of ether oxygens (including phenoxy) is 2. The van der Waals surface area contributed by atoms with Crippen LogP contribution in [-0.2, 0) is 0 Å². The highest BCUT2D eigenvalue weighted by molar-refractivity contribution is 9.10. The Hall–Kier alpha value is -2.79. The van der Waals surface area contributed by atoms with Crippen molar-refractivity contribution in [3.8, 4) is 17.2 Å². The van der Waals surface area contributed by atoms with Crippen LogP contribution in [0.25, 0.3) is 0 Å². The lowest BCUT2D eigenvalue weighted by Gasteiger charge is -2.14.